The van der Waals surface area contributed by atoms with Crippen molar-refractivity contribution in [2.45, 2.75) is 82.8 Å². The van der Waals surface area contributed by atoms with Crippen molar-refractivity contribution in [3.05, 3.63) is 41.0 Å². The van der Waals surface area contributed by atoms with E-state index in [0.717, 1.165) is 51.1 Å². The van der Waals surface area contributed by atoms with Crippen LogP contribution < -0.4 is 33.7 Å². The normalized spacial score (nSPS) is 18.7. The van der Waals surface area contributed by atoms with Crippen LogP contribution in [0.25, 0.3) is 5.76 Å². The van der Waals surface area contributed by atoms with E-state index in [2.05, 4.69) is 5.32 Å². The third-order valence-corrected chi connectivity index (χ3v) is 9.76. The topological polar surface area (TPSA) is 117 Å². The first-order valence-corrected chi connectivity index (χ1v) is 17.2. The molecule has 2 heterocycles. The van der Waals surface area contributed by atoms with Crippen molar-refractivity contribution in [1.82, 2.24) is 10.4 Å². The fourth-order valence-corrected chi connectivity index (χ4v) is 7.07. The number of hydroxylamine groups is 2. The minimum absolute atomic E-state index is 0.190. The summed E-state index contributed by atoms with van der Waals surface area (Å²) in [7, 11) is 7.82. The Morgan fingerprint density at radius 1 is 0.875 bits per heavy atom. The van der Waals surface area contributed by atoms with Crippen LogP contribution in [0.2, 0.25) is 0 Å². The first-order valence-electron chi connectivity index (χ1n) is 17.2. The molecule has 1 atom stereocenters. The molecule has 1 saturated carbocycles. The van der Waals surface area contributed by atoms with Gasteiger partial charge in [-0.3, -0.25) is 9.63 Å². The van der Waals surface area contributed by atoms with Crippen LogP contribution in [0.3, 0.4) is 0 Å². The number of hydrogen-bond donors (Lipinski definition) is 2. The van der Waals surface area contributed by atoms with Crippen LogP contribution >= 0.6 is 0 Å². The average Bonchev–Trinajstić information content (AvgIpc) is 3.64. The Morgan fingerprint density at radius 2 is 1.56 bits per heavy atom. The van der Waals surface area contributed by atoms with E-state index >= 15 is 0 Å². The summed E-state index contributed by atoms with van der Waals surface area (Å²) in [5, 5.41) is 17.1. The summed E-state index contributed by atoms with van der Waals surface area (Å²) in [6.07, 6.45) is 9.74. The number of unbranched alkanes of at least 4 members (excludes halogenated alkanes) is 1. The van der Waals surface area contributed by atoms with Crippen LogP contribution in [0.5, 0.6) is 34.5 Å². The minimum Gasteiger partial charge on any atom is -0.496 e. The molecule has 3 aliphatic rings. The zero-order valence-electron chi connectivity index (χ0n) is 29.1. The lowest BCUT2D eigenvalue weighted by atomic mass is 9.90. The van der Waals surface area contributed by atoms with Gasteiger partial charge in [0, 0.05) is 48.8 Å². The second kappa shape index (κ2) is 17.1. The number of aliphatic hydroxyl groups is 1. The fraction of sp³-hybridized carbons (Fsp3) is 0.595. The van der Waals surface area contributed by atoms with Crippen molar-refractivity contribution in [2.24, 2.45) is 5.92 Å². The van der Waals surface area contributed by atoms with E-state index in [9.17, 15) is 9.90 Å². The number of benzene rings is 2. The molecule has 0 bridgehead atoms. The molecule has 0 radical (unpaired) electrons. The molecule has 48 heavy (non-hydrogen) atoms. The molecule has 1 amide bonds. The molecule has 5 rings (SSSR count). The van der Waals surface area contributed by atoms with Crippen molar-refractivity contribution in [3.63, 3.8) is 0 Å². The Balaban J connectivity index is 1.20. The fourth-order valence-electron chi connectivity index (χ4n) is 7.07. The number of amides is 1. The highest BCUT2D eigenvalue weighted by atomic mass is 16.7. The van der Waals surface area contributed by atoms with E-state index in [1.165, 1.54) is 25.7 Å². The Morgan fingerprint density at radius 3 is 2.19 bits per heavy atom. The molecular formula is C37H52N2O9. The minimum atomic E-state index is -0.975. The van der Waals surface area contributed by atoms with Crippen LogP contribution in [0, 0.1) is 5.92 Å². The van der Waals surface area contributed by atoms with E-state index in [-0.39, 0.29) is 11.9 Å². The van der Waals surface area contributed by atoms with Gasteiger partial charge in [-0.05, 0) is 56.6 Å². The average molecular weight is 669 g/mol. The van der Waals surface area contributed by atoms with Crippen LogP contribution in [0.4, 0.5) is 0 Å². The largest absolute Gasteiger partial charge is 0.496 e. The number of rotatable bonds is 16. The van der Waals surface area contributed by atoms with Gasteiger partial charge < -0.3 is 38.8 Å². The third-order valence-electron chi connectivity index (χ3n) is 9.76. The van der Waals surface area contributed by atoms with E-state index in [1.807, 2.05) is 17.2 Å². The number of nitrogens with one attached hydrogen (secondary N) is 1. The van der Waals surface area contributed by atoms with Crippen LogP contribution in [-0.2, 0) is 9.63 Å². The van der Waals surface area contributed by atoms with Crippen molar-refractivity contribution < 1.29 is 43.2 Å². The number of methoxy groups -OCH3 is 5. The van der Waals surface area contributed by atoms with Gasteiger partial charge in [-0.15, -0.1) is 0 Å². The van der Waals surface area contributed by atoms with Crippen LogP contribution in [0.15, 0.2) is 29.8 Å². The van der Waals surface area contributed by atoms with Gasteiger partial charge in [-0.25, -0.2) is 0 Å². The molecule has 1 aliphatic carbocycles. The molecule has 11 heteroatoms. The van der Waals surface area contributed by atoms with E-state index in [0.29, 0.717) is 76.4 Å². The number of nitrogens with zero attached hydrogens (tertiary/aromatic N) is 1. The van der Waals surface area contributed by atoms with Gasteiger partial charge in [-0.2, -0.15) is 5.06 Å². The summed E-state index contributed by atoms with van der Waals surface area (Å²) in [4.78, 5) is 18.6. The summed E-state index contributed by atoms with van der Waals surface area (Å²) in [5.41, 5.74) is 1.94. The number of hydrogen-bond acceptors (Lipinski definition) is 10. The Bertz CT molecular complexity index is 1390. The Labute approximate surface area is 284 Å². The van der Waals surface area contributed by atoms with Crippen molar-refractivity contribution in [2.75, 3.05) is 55.2 Å². The molecule has 2 aliphatic heterocycles. The maximum absolute atomic E-state index is 12.5. The van der Waals surface area contributed by atoms with E-state index in [1.54, 1.807) is 47.7 Å². The number of piperidine rings is 1. The summed E-state index contributed by atoms with van der Waals surface area (Å²) < 4.78 is 34.4. The van der Waals surface area contributed by atoms with E-state index in [4.69, 9.17) is 33.3 Å². The maximum Gasteiger partial charge on any atom is 0.220 e. The van der Waals surface area contributed by atoms with Gasteiger partial charge in [-0.1, -0.05) is 25.7 Å². The molecule has 1 saturated heterocycles. The van der Waals surface area contributed by atoms with Gasteiger partial charge in [0.15, 0.2) is 11.5 Å². The zero-order valence-corrected chi connectivity index (χ0v) is 29.1. The second-order valence-electron chi connectivity index (χ2n) is 12.8. The number of fused-ring (bicyclic) bond motifs is 1. The molecule has 1 unspecified atom stereocenters. The molecule has 11 nitrogen and oxygen atoms in total. The van der Waals surface area contributed by atoms with Crippen LogP contribution in [-0.4, -0.2) is 77.4 Å². The van der Waals surface area contributed by atoms with Crippen molar-refractivity contribution >= 4 is 11.7 Å². The Kier molecular flexibility index (Phi) is 12.7. The van der Waals surface area contributed by atoms with Gasteiger partial charge in [0.1, 0.15) is 29.1 Å². The predicted molar refractivity (Wildman–Crippen MR) is 182 cm³/mol. The van der Waals surface area contributed by atoms with Gasteiger partial charge >= 0.3 is 0 Å². The summed E-state index contributed by atoms with van der Waals surface area (Å²) in [5.74, 6) is 4.34. The first kappa shape index (κ1) is 35.6. The lowest BCUT2D eigenvalue weighted by Gasteiger charge is -2.32. The summed E-state index contributed by atoms with van der Waals surface area (Å²) in [6.45, 7) is 2.13. The molecule has 2 N–H and O–H groups in total. The predicted octanol–water partition coefficient (Wildman–Crippen LogP) is 6.22. The molecule has 2 fully saturated rings. The molecule has 0 spiro atoms. The molecule has 0 aromatic heterocycles. The quantitative estimate of drug-likeness (QED) is 0.200. The standard InChI is InChI=1S/C37H52N2O9/c1-42-27-22-29(43-2)34-30(23-27)48-36(25-20-31(44-3)37(46-5)32(21-25)45-4)28(35(34)41)12-8-9-19-47-39-17-15-26(16-18-39)38-33(40)14-13-24-10-6-7-11-24/h20-24,26,35,41H,6-19H2,1-5H3,(H,38,40). The first-order chi connectivity index (χ1) is 23.4. The zero-order chi connectivity index (χ0) is 34.0. The van der Waals surface area contributed by atoms with Crippen molar-refractivity contribution in [1.29, 1.82) is 0 Å². The van der Waals surface area contributed by atoms with Crippen LogP contribution in [0.1, 0.15) is 87.9 Å². The van der Waals surface area contributed by atoms with Crippen molar-refractivity contribution in [3.8, 4) is 34.5 Å². The van der Waals surface area contributed by atoms with Gasteiger partial charge in [0.2, 0.25) is 11.7 Å². The monoisotopic (exact) mass is 668 g/mol. The highest BCUT2D eigenvalue weighted by molar-refractivity contribution is 5.76. The summed E-state index contributed by atoms with van der Waals surface area (Å²) >= 11 is 0. The smallest absolute Gasteiger partial charge is 0.220 e. The Hall–Kier alpha value is -3.67. The number of carbonyl (C=O) groups is 1. The van der Waals surface area contributed by atoms with Gasteiger partial charge in [0.25, 0.3) is 0 Å². The highest BCUT2D eigenvalue weighted by Gasteiger charge is 2.33. The van der Waals surface area contributed by atoms with E-state index < -0.39 is 6.10 Å². The molecule has 2 aromatic rings. The number of carbonyl (C=O) groups excluding carboxylic acids is 1. The highest BCUT2D eigenvalue weighted by Crippen LogP contribution is 2.50. The molecule has 264 valence electrons. The lowest BCUT2D eigenvalue weighted by molar-refractivity contribution is -0.172. The molecule has 2 aromatic carbocycles. The maximum atomic E-state index is 12.5. The lowest BCUT2D eigenvalue weighted by Crippen LogP contribution is -2.44. The van der Waals surface area contributed by atoms with Gasteiger partial charge in [0.05, 0.1) is 47.7 Å². The SMILES string of the molecule is COc1cc(OC)c2c(c1)OC(c1cc(OC)c(OC)c(OC)c1)=C(CCCCON1CCC(NC(=O)CCC3CCCC3)CC1)C2O. The number of aliphatic hydroxyl groups excluding tert-OH is 1. The molecular weight excluding hydrogens is 616 g/mol. The summed E-state index contributed by atoms with van der Waals surface area (Å²) in [6, 6.07) is 7.34. The number of ether oxygens (including phenoxy) is 6. The third kappa shape index (κ3) is 8.48. The second-order valence-corrected chi connectivity index (χ2v) is 12.8.